The Morgan fingerprint density at radius 1 is 1.06 bits per heavy atom. The zero-order valence-electron chi connectivity index (χ0n) is 28.9. The molecule has 3 heterocycles. The summed E-state index contributed by atoms with van der Waals surface area (Å²) in [5, 5.41) is 18.8. The van der Waals surface area contributed by atoms with Gasteiger partial charge in [-0.15, -0.1) is 0 Å². The molecule has 0 saturated carbocycles. The molecule has 0 bridgehead atoms. The van der Waals surface area contributed by atoms with Gasteiger partial charge in [-0.2, -0.15) is 13.2 Å². The Morgan fingerprint density at radius 3 is 2.38 bits per heavy atom. The monoisotopic (exact) mass is 733 g/mol. The van der Waals surface area contributed by atoms with Crippen molar-refractivity contribution in [1.29, 1.82) is 0 Å². The molecule has 1 aromatic heterocycles. The molecule has 3 amide bonds. The summed E-state index contributed by atoms with van der Waals surface area (Å²) in [5.41, 5.74) is 1.26. The van der Waals surface area contributed by atoms with Crippen molar-refractivity contribution in [3.63, 3.8) is 0 Å². The van der Waals surface area contributed by atoms with Gasteiger partial charge in [-0.1, -0.05) is 6.92 Å². The third kappa shape index (κ3) is 10.3. The van der Waals surface area contributed by atoms with E-state index < -0.39 is 29.9 Å². The summed E-state index contributed by atoms with van der Waals surface area (Å²) in [7, 11) is 1.42. The SMILES string of the molecule is CCc1cc(NC(=O)c2ncc(-c3ccc(OC(F)F)c(F)c3F)n2C)ccc1C(=O)NCCCNC(=O)C1CCN(CC2CNC2)CC1.O=CO. The molecule has 5 rings (SSSR count). The number of alkyl halides is 2. The van der Waals surface area contributed by atoms with Gasteiger partial charge < -0.3 is 40.6 Å². The third-order valence-electron chi connectivity index (χ3n) is 9.00. The number of hydrogen-bond donors (Lipinski definition) is 5. The van der Waals surface area contributed by atoms with Crippen LogP contribution in [0.3, 0.4) is 0 Å². The number of aryl methyl sites for hydroxylation is 1. The number of nitrogens with zero attached hydrogens (tertiary/aromatic N) is 3. The fourth-order valence-corrected chi connectivity index (χ4v) is 6.12. The fourth-order valence-electron chi connectivity index (χ4n) is 6.12. The van der Waals surface area contributed by atoms with E-state index in [2.05, 4.69) is 35.9 Å². The van der Waals surface area contributed by atoms with Gasteiger partial charge in [0.25, 0.3) is 18.3 Å². The quantitative estimate of drug-likeness (QED) is 0.0945. The number of imidazole rings is 1. The van der Waals surface area contributed by atoms with Gasteiger partial charge in [0, 0.05) is 62.5 Å². The zero-order valence-corrected chi connectivity index (χ0v) is 28.9. The first-order chi connectivity index (χ1) is 25.0. The zero-order chi connectivity index (χ0) is 37.8. The average Bonchev–Trinajstić information content (AvgIpc) is 3.49. The van der Waals surface area contributed by atoms with Crippen molar-refractivity contribution >= 4 is 29.9 Å². The highest BCUT2D eigenvalue weighted by Gasteiger charge is 2.28. The maximum Gasteiger partial charge on any atom is 0.387 e. The predicted octanol–water partition coefficient (Wildman–Crippen LogP) is 3.65. The van der Waals surface area contributed by atoms with Crippen LogP contribution in [0.25, 0.3) is 11.3 Å². The Balaban J connectivity index is 0.00000195. The van der Waals surface area contributed by atoms with Gasteiger partial charge in [0.05, 0.1) is 11.9 Å². The predicted molar refractivity (Wildman–Crippen MR) is 183 cm³/mol. The van der Waals surface area contributed by atoms with E-state index in [0.717, 1.165) is 69.8 Å². The molecule has 52 heavy (non-hydrogen) atoms. The summed E-state index contributed by atoms with van der Waals surface area (Å²) in [6, 6.07) is 6.77. The number of carbonyl (C=O) groups is 4. The Labute approximate surface area is 298 Å². The van der Waals surface area contributed by atoms with Gasteiger partial charge in [0.2, 0.25) is 11.7 Å². The molecule has 2 fully saturated rings. The third-order valence-corrected chi connectivity index (χ3v) is 9.00. The van der Waals surface area contributed by atoms with Crippen molar-refractivity contribution in [2.24, 2.45) is 18.9 Å². The minimum absolute atomic E-state index is 0.0262. The Hall–Kier alpha value is -5.03. The van der Waals surface area contributed by atoms with Crippen molar-refractivity contribution in [1.82, 2.24) is 30.4 Å². The molecule has 0 spiro atoms. The molecule has 0 aliphatic carbocycles. The van der Waals surface area contributed by atoms with Gasteiger partial charge in [0.15, 0.2) is 17.4 Å². The van der Waals surface area contributed by atoms with E-state index in [0.29, 0.717) is 42.7 Å². The molecule has 0 atom stereocenters. The first kappa shape index (κ1) is 39.8. The lowest BCUT2D eigenvalue weighted by Crippen LogP contribution is -2.50. The number of benzene rings is 2. The number of nitrogens with one attached hydrogen (secondary N) is 4. The number of piperidine rings is 1. The number of carboxylic acid groups (broad SMARTS) is 1. The van der Waals surface area contributed by atoms with E-state index in [4.69, 9.17) is 9.90 Å². The van der Waals surface area contributed by atoms with Gasteiger partial charge in [-0.25, -0.2) is 9.37 Å². The lowest BCUT2D eigenvalue weighted by atomic mass is 9.94. The number of rotatable bonds is 14. The minimum Gasteiger partial charge on any atom is -0.483 e. The molecule has 0 unspecified atom stereocenters. The summed E-state index contributed by atoms with van der Waals surface area (Å²) in [5.74, 6) is -4.18. The topological polar surface area (TPSA) is 167 Å². The van der Waals surface area contributed by atoms with Crippen LogP contribution in [0.5, 0.6) is 5.75 Å². The highest BCUT2D eigenvalue weighted by Crippen LogP contribution is 2.31. The van der Waals surface area contributed by atoms with E-state index >= 15 is 0 Å². The van der Waals surface area contributed by atoms with Crippen molar-refractivity contribution in [2.75, 3.05) is 51.1 Å². The van der Waals surface area contributed by atoms with E-state index in [1.165, 1.54) is 11.6 Å². The average molecular weight is 734 g/mol. The molecule has 5 N–H and O–H groups in total. The van der Waals surface area contributed by atoms with Gasteiger partial charge >= 0.3 is 6.61 Å². The molecule has 282 valence electrons. The highest BCUT2D eigenvalue weighted by atomic mass is 19.3. The lowest BCUT2D eigenvalue weighted by Gasteiger charge is -2.37. The van der Waals surface area contributed by atoms with Crippen LogP contribution in [-0.4, -0.2) is 96.2 Å². The molecular weight excluding hydrogens is 690 g/mol. The number of halogens is 4. The molecule has 13 nitrogen and oxygen atoms in total. The number of likely N-dealkylation sites (tertiary alicyclic amines) is 1. The first-order valence-corrected chi connectivity index (χ1v) is 16.9. The Morgan fingerprint density at radius 2 is 1.75 bits per heavy atom. The Kier molecular flexibility index (Phi) is 14.5. The summed E-state index contributed by atoms with van der Waals surface area (Å²) in [6.07, 6.45) is 3.97. The molecule has 0 radical (unpaired) electrons. The molecule has 2 saturated heterocycles. The van der Waals surface area contributed by atoms with Crippen molar-refractivity contribution in [3.05, 3.63) is 65.1 Å². The van der Waals surface area contributed by atoms with Crippen LogP contribution < -0.4 is 26.0 Å². The van der Waals surface area contributed by atoms with Crippen LogP contribution in [0.2, 0.25) is 0 Å². The maximum atomic E-state index is 14.7. The van der Waals surface area contributed by atoms with Crippen molar-refractivity contribution in [3.8, 4) is 17.0 Å². The number of ether oxygens (including phenoxy) is 1. The summed E-state index contributed by atoms with van der Waals surface area (Å²) < 4.78 is 59.2. The molecule has 2 aromatic carbocycles. The van der Waals surface area contributed by atoms with Gasteiger partial charge in [-0.3, -0.25) is 19.2 Å². The molecule has 3 aromatic rings. The van der Waals surface area contributed by atoms with Crippen LogP contribution in [0.4, 0.5) is 23.2 Å². The van der Waals surface area contributed by atoms with Crippen LogP contribution >= 0.6 is 0 Å². The second-order valence-corrected chi connectivity index (χ2v) is 12.4. The van der Waals surface area contributed by atoms with Gasteiger partial charge in [0.1, 0.15) is 0 Å². The number of amides is 3. The number of hydrogen-bond acceptors (Lipinski definition) is 8. The van der Waals surface area contributed by atoms with Crippen molar-refractivity contribution < 1.29 is 46.6 Å². The molecule has 2 aliphatic rings. The maximum absolute atomic E-state index is 14.7. The molecular formula is C35H43F4N7O6. The fraction of sp³-hybridized carbons (Fsp3) is 0.457. The van der Waals surface area contributed by atoms with E-state index in [1.807, 2.05) is 6.92 Å². The molecule has 2 aliphatic heterocycles. The summed E-state index contributed by atoms with van der Waals surface area (Å²) in [4.78, 5) is 53.5. The summed E-state index contributed by atoms with van der Waals surface area (Å²) in [6.45, 7) is 4.29. The van der Waals surface area contributed by atoms with E-state index in [-0.39, 0.29) is 41.3 Å². The van der Waals surface area contributed by atoms with Crippen LogP contribution in [0.1, 0.15) is 52.7 Å². The number of anilines is 1. The second kappa shape index (κ2) is 19.0. The number of carbonyl (C=O) groups excluding carboxylic acids is 3. The summed E-state index contributed by atoms with van der Waals surface area (Å²) >= 11 is 0. The van der Waals surface area contributed by atoms with Crippen LogP contribution in [0.15, 0.2) is 36.5 Å². The second-order valence-electron chi connectivity index (χ2n) is 12.4. The van der Waals surface area contributed by atoms with Gasteiger partial charge in [-0.05, 0) is 80.6 Å². The number of aromatic nitrogens is 2. The lowest BCUT2D eigenvalue weighted by molar-refractivity contribution is -0.126. The van der Waals surface area contributed by atoms with Crippen LogP contribution in [-0.2, 0) is 23.1 Å². The molecule has 17 heteroatoms. The Bertz CT molecular complexity index is 1710. The first-order valence-electron chi connectivity index (χ1n) is 16.9. The van der Waals surface area contributed by atoms with Crippen molar-refractivity contribution in [2.45, 2.75) is 39.2 Å². The standard InChI is InChI=1S/C34H41F4N7O4.CH2O2/c1-3-21-15-23(43-33(48)30-42-18-26(44(30)2)25-7-8-27(49-34(37)38)29(36)28(25)35)5-6-24(21)32(47)41-12-4-11-40-31(46)22-9-13-45(14-10-22)19-20-16-39-17-20;2-1-3/h5-8,15,18,20,22,34,39H,3-4,9-14,16-17,19H2,1-2H3,(H,40,46)(H,41,47)(H,43,48);1H,(H,2,3). The highest BCUT2D eigenvalue weighted by molar-refractivity contribution is 6.03. The van der Waals surface area contributed by atoms with E-state index in [1.54, 1.807) is 18.2 Å². The normalized spacial score (nSPS) is 14.9. The van der Waals surface area contributed by atoms with E-state index in [9.17, 15) is 31.9 Å². The minimum atomic E-state index is -3.33. The van der Waals surface area contributed by atoms with Crippen LogP contribution in [0, 0.1) is 23.5 Å². The smallest absolute Gasteiger partial charge is 0.387 e. The largest absolute Gasteiger partial charge is 0.483 e.